The number of aryl methyl sites for hydroxylation is 2. The molecule has 6 nitrogen and oxygen atoms in total. The van der Waals surface area contributed by atoms with E-state index < -0.39 is 5.25 Å². The van der Waals surface area contributed by atoms with Gasteiger partial charge in [-0.05, 0) is 50.3 Å². The number of thiophene rings is 1. The number of nitrogens with one attached hydrogen (secondary N) is 1. The molecule has 1 atom stereocenters. The molecule has 4 rings (SSSR count). The molecule has 0 bridgehead atoms. The number of rotatable bonds is 7. The van der Waals surface area contributed by atoms with Gasteiger partial charge in [0.1, 0.15) is 10.6 Å². The van der Waals surface area contributed by atoms with Gasteiger partial charge in [0.15, 0.2) is 5.16 Å². The highest BCUT2D eigenvalue weighted by Gasteiger charge is 2.24. The van der Waals surface area contributed by atoms with E-state index in [4.69, 9.17) is 9.72 Å². The van der Waals surface area contributed by atoms with E-state index in [1.165, 1.54) is 28.6 Å². The molecule has 0 spiro atoms. The lowest BCUT2D eigenvalue weighted by Gasteiger charge is -2.16. The molecule has 0 saturated heterocycles. The first kappa shape index (κ1) is 22.6. The van der Waals surface area contributed by atoms with Crippen LogP contribution in [0.1, 0.15) is 36.6 Å². The molecule has 3 aromatic rings. The number of fused-ring (bicyclic) bond motifs is 3. The Bertz CT molecular complexity index is 1220. The Labute approximate surface area is 195 Å². The highest BCUT2D eigenvalue weighted by atomic mass is 32.2. The first-order chi connectivity index (χ1) is 15.5. The number of ether oxygens (including phenoxy) is 1. The molecule has 1 N–H and O–H groups in total. The molecule has 0 fully saturated rings. The van der Waals surface area contributed by atoms with Crippen LogP contribution in [-0.4, -0.2) is 27.8 Å². The number of hydrogen-bond acceptors (Lipinski definition) is 6. The van der Waals surface area contributed by atoms with Crippen LogP contribution in [0.5, 0.6) is 5.75 Å². The van der Waals surface area contributed by atoms with Gasteiger partial charge in [-0.3, -0.25) is 14.2 Å². The number of benzene rings is 1. The molecule has 168 valence electrons. The van der Waals surface area contributed by atoms with Crippen LogP contribution in [0.3, 0.4) is 0 Å². The Hall–Kier alpha value is -2.58. The van der Waals surface area contributed by atoms with Gasteiger partial charge in [0, 0.05) is 11.4 Å². The van der Waals surface area contributed by atoms with Gasteiger partial charge in [-0.2, -0.15) is 0 Å². The summed E-state index contributed by atoms with van der Waals surface area (Å²) in [5, 5.41) is 3.75. The molecule has 2 aromatic heterocycles. The summed E-state index contributed by atoms with van der Waals surface area (Å²) in [7, 11) is 1.57. The first-order valence-corrected chi connectivity index (χ1v) is 12.5. The first-order valence-electron chi connectivity index (χ1n) is 10.8. The molecule has 1 aliphatic carbocycles. The second-order valence-corrected chi connectivity index (χ2v) is 10.2. The summed E-state index contributed by atoms with van der Waals surface area (Å²) in [6.45, 7) is 5.98. The fraction of sp³-hybridized carbons (Fsp3) is 0.375. The summed E-state index contributed by atoms with van der Waals surface area (Å²) < 4.78 is 6.96. The van der Waals surface area contributed by atoms with Gasteiger partial charge in [-0.1, -0.05) is 36.4 Å². The predicted octanol–water partition coefficient (Wildman–Crippen LogP) is 5.04. The van der Waals surface area contributed by atoms with Crippen molar-refractivity contribution in [1.82, 2.24) is 9.55 Å². The van der Waals surface area contributed by atoms with Crippen LogP contribution >= 0.6 is 23.1 Å². The van der Waals surface area contributed by atoms with Crippen LogP contribution in [0.15, 0.2) is 46.9 Å². The number of anilines is 1. The van der Waals surface area contributed by atoms with E-state index >= 15 is 0 Å². The van der Waals surface area contributed by atoms with Crippen LogP contribution in [-0.2, 0) is 24.2 Å². The van der Waals surface area contributed by atoms with Crippen molar-refractivity contribution in [3.8, 4) is 5.75 Å². The molecular weight excluding hydrogens is 442 g/mol. The quantitative estimate of drug-likeness (QED) is 0.227. The summed E-state index contributed by atoms with van der Waals surface area (Å²) in [6.07, 6.45) is 7.11. The van der Waals surface area contributed by atoms with Crippen molar-refractivity contribution in [1.29, 1.82) is 0 Å². The van der Waals surface area contributed by atoms with E-state index in [9.17, 15) is 9.59 Å². The lowest BCUT2D eigenvalue weighted by atomic mass is 10.1. The molecule has 1 aliphatic rings. The van der Waals surface area contributed by atoms with Gasteiger partial charge >= 0.3 is 0 Å². The van der Waals surface area contributed by atoms with Gasteiger partial charge in [-0.15, -0.1) is 17.9 Å². The summed E-state index contributed by atoms with van der Waals surface area (Å²) >= 11 is 2.92. The number of para-hydroxylation sites is 2. The van der Waals surface area contributed by atoms with Gasteiger partial charge in [0.25, 0.3) is 5.56 Å². The largest absolute Gasteiger partial charge is 0.495 e. The van der Waals surface area contributed by atoms with Crippen LogP contribution < -0.4 is 15.6 Å². The minimum absolute atomic E-state index is 0.0332. The SMILES string of the molecule is C=CCn1c(SC(C)C(=O)Nc2ccccc2OC)nc2sc3c(c2c1=O)CCCCC3. The van der Waals surface area contributed by atoms with Crippen LogP contribution in [0.25, 0.3) is 10.2 Å². The van der Waals surface area contributed by atoms with Crippen LogP contribution in [0.4, 0.5) is 5.69 Å². The van der Waals surface area contributed by atoms with Gasteiger partial charge in [-0.25, -0.2) is 4.98 Å². The third-order valence-corrected chi connectivity index (χ3v) is 7.89. The van der Waals surface area contributed by atoms with E-state index in [1.54, 1.807) is 41.2 Å². The third kappa shape index (κ3) is 4.47. The number of hydrogen-bond donors (Lipinski definition) is 1. The van der Waals surface area contributed by atoms with Crippen molar-refractivity contribution in [3.05, 3.63) is 57.7 Å². The Balaban J connectivity index is 1.66. The second-order valence-electron chi connectivity index (χ2n) is 7.79. The van der Waals surface area contributed by atoms with Gasteiger partial charge < -0.3 is 10.1 Å². The van der Waals surface area contributed by atoms with E-state index in [-0.39, 0.29) is 11.5 Å². The number of aromatic nitrogens is 2. The smallest absolute Gasteiger partial charge is 0.263 e. The average Bonchev–Trinajstić information content (AvgIpc) is 2.97. The number of methoxy groups -OCH3 is 1. The van der Waals surface area contributed by atoms with Crippen LogP contribution in [0, 0.1) is 0 Å². The minimum Gasteiger partial charge on any atom is -0.495 e. The van der Waals surface area contributed by atoms with Crippen molar-refractivity contribution < 1.29 is 9.53 Å². The molecule has 32 heavy (non-hydrogen) atoms. The zero-order valence-electron chi connectivity index (χ0n) is 18.3. The second kappa shape index (κ2) is 9.92. The number of carbonyl (C=O) groups is 1. The van der Waals surface area contributed by atoms with Crippen molar-refractivity contribution in [2.75, 3.05) is 12.4 Å². The summed E-state index contributed by atoms with van der Waals surface area (Å²) in [5.74, 6) is 0.419. The van der Waals surface area contributed by atoms with Crippen molar-refractivity contribution >= 4 is 44.9 Å². The highest BCUT2D eigenvalue weighted by molar-refractivity contribution is 8.00. The maximum absolute atomic E-state index is 13.5. The lowest BCUT2D eigenvalue weighted by molar-refractivity contribution is -0.115. The van der Waals surface area contributed by atoms with E-state index in [0.29, 0.717) is 23.1 Å². The average molecular weight is 470 g/mol. The fourth-order valence-corrected chi connectivity index (χ4v) is 6.19. The predicted molar refractivity (Wildman–Crippen MR) is 132 cm³/mol. The van der Waals surface area contributed by atoms with E-state index in [0.717, 1.165) is 35.9 Å². The van der Waals surface area contributed by atoms with Crippen molar-refractivity contribution in [2.24, 2.45) is 0 Å². The Kier molecular flexibility index (Phi) is 7.01. The normalized spacial score (nSPS) is 14.4. The number of nitrogens with zero attached hydrogens (tertiary/aromatic N) is 2. The molecule has 0 radical (unpaired) electrons. The van der Waals surface area contributed by atoms with Crippen molar-refractivity contribution in [3.63, 3.8) is 0 Å². The maximum Gasteiger partial charge on any atom is 0.263 e. The summed E-state index contributed by atoms with van der Waals surface area (Å²) in [5.41, 5.74) is 1.76. The van der Waals surface area contributed by atoms with Crippen molar-refractivity contribution in [2.45, 2.75) is 56.0 Å². The Morgan fingerprint density at radius 3 is 2.91 bits per heavy atom. The fourth-order valence-electron chi connectivity index (χ4n) is 3.97. The number of allylic oxidation sites excluding steroid dienone is 1. The molecule has 2 heterocycles. The Morgan fingerprint density at radius 1 is 1.34 bits per heavy atom. The van der Waals surface area contributed by atoms with E-state index in [2.05, 4.69) is 11.9 Å². The number of carbonyl (C=O) groups excluding carboxylic acids is 1. The molecule has 1 aromatic carbocycles. The molecular formula is C24H27N3O3S2. The third-order valence-electron chi connectivity index (χ3n) is 5.62. The van der Waals surface area contributed by atoms with Gasteiger partial charge in [0.2, 0.25) is 5.91 Å². The number of thioether (sulfide) groups is 1. The van der Waals surface area contributed by atoms with Gasteiger partial charge in [0.05, 0.1) is 23.4 Å². The van der Waals surface area contributed by atoms with Crippen LogP contribution in [0.2, 0.25) is 0 Å². The highest BCUT2D eigenvalue weighted by Crippen LogP contribution is 2.35. The Morgan fingerprint density at radius 2 is 2.12 bits per heavy atom. The summed E-state index contributed by atoms with van der Waals surface area (Å²) in [4.78, 5) is 33.3. The minimum atomic E-state index is -0.460. The van der Waals surface area contributed by atoms with E-state index in [1.807, 2.05) is 19.1 Å². The monoisotopic (exact) mass is 469 g/mol. The summed E-state index contributed by atoms with van der Waals surface area (Å²) in [6, 6.07) is 7.28. The maximum atomic E-state index is 13.5. The molecule has 8 heteroatoms. The number of amides is 1. The molecule has 1 amide bonds. The topological polar surface area (TPSA) is 73.2 Å². The lowest BCUT2D eigenvalue weighted by Crippen LogP contribution is -2.27. The standard InChI is InChI=1S/C24H27N3O3S2/c1-4-14-27-23(29)20-16-10-6-5-7-13-19(16)32-22(20)26-24(27)31-15(2)21(28)25-17-11-8-9-12-18(17)30-3/h4,8-9,11-12,15H,1,5-7,10,13-14H2,2-3H3,(H,25,28). The molecule has 1 unspecified atom stereocenters. The zero-order valence-corrected chi connectivity index (χ0v) is 20.0. The zero-order chi connectivity index (χ0) is 22.7. The molecule has 0 saturated carbocycles. The molecule has 0 aliphatic heterocycles.